The highest BCUT2D eigenvalue weighted by Gasteiger charge is 2.44. The summed E-state index contributed by atoms with van der Waals surface area (Å²) < 4.78 is 0.849. The number of hydrogen-bond donors (Lipinski definition) is 1. The number of carboxylic acid groups (broad SMARTS) is 1. The molecule has 1 aromatic carbocycles. The van der Waals surface area contributed by atoms with Crippen LogP contribution in [0.1, 0.15) is 31.4 Å². The highest BCUT2D eigenvalue weighted by Crippen LogP contribution is 2.40. The van der Waals surface area contributed by atoms with E-state index < -0.39 is 11.9 Å². The molecule has 2 rings (SSSR count). The number of aliphatic carboxylic acids is 1. The molecule has 4 nitrogen and oxygen atoms in total. The number of amides is 1. The van der Waals surface area contributed by atoms with Crippen LogP contribution in [-0.2, 0) is 9.59 Å². The Bertz CT molecular complexity index is 503. The Morgan fingerprint density at radius 1 is 1.47 bits per heavy atom. The first-order valence-electron chi connectivity index (χ1n) is 6.33. The van der Waals surface area contributed by atoms with E-state index in [2.05, 4.69) is 15.9 Å². The fourth-order valence-electron chi connectivity index (χ4n) is 2.62. The number of carboxylic acids is 1. The average molecular weight is 326 g/mol. The SMILES string of the molecule is CCCN1C(=O)CC(C(=O)O)C1c1ccccc1Br. The van der Waals surface area contributed by atoms with Crippen LogP contribution in [0.2, 0.25) is 0 Å². The molecule has 0 spiro atoms. The zero-order chi connectivity index (χ0) is 14.0. The number of rotatable bonds is 4. The third-order valence-electron chi connectivity index (χ3n) is 3.44. The van der Waals surface area contributed by atoms with Gasteiger partial charge >= 0.3 is 5.97 Å². The highest BCUT2D eigenvalue weighted by atomic mass is 79.9. The molecule has 5 heteroatoms. The Morgan fingerprint density at radius 3 is 2.74 bits per heavy atom. The van der Waals surface area contributed by atoms with Gasteiger partial charge in [-0.05, 0) is 18.1 Å². The van der Waals surface area contributed by atoms with E-state index in [1.807, 2.05) is 31.2 Å². The molecule has 0 radical (unpaired) electrons. The average Bonchev–Trinajstić information content (AvgIpc) is 2.69. The van der Waals surface area contributed by atoms with Crippen molar-refractivity contribution in [3.05, 3.63) is 34.3 Å². The lowest BCUT2D eigenvalue weighted by Crippen LogP contribution is -2.31. The van der Waals surface area contributed by atoms with E-state index in [9.17, 15) is 14.7 Å². The molecule has 1 N–H and O–H groups in total. The molecule has 1 saturated heterocycles. The molecule has 2 unspecified atom stereocenters. The highest BCUT2D eigenvalue weighted by molar-refractivity contribution is 9.10. The number of benzene rings is 1. The maximum Gasteiger partial charge on any atom is 0.309 e. The molecule has 2 atom stereocenters. The van der Waals surface area contributed by atoms with Crippen molar-refractivity contribution in [3.63, 3.8) is 0 Å². The Kier molecular flexibility index (Phi) is 4.24. The second-order valence-electron chi connectivity index (χ2n) is 4.70. The summed E-state index contributed by atoms with van der Waals surface area (Å²) in [6, 6.07) is 7.13. The van der Waals surface area contributed by atoms with Crippen LogP contribution in [0.3, 0.4) is 0 Å². The predicted octanol–water partition coefficient (Wildman–Crippen LogP) is 2.83. The predicted molar refractivity (Wildman–Crippen MR) is 74.6 cm³/mol. The number of hydrogen-bond acceptors (Lipinski definition) is 2. The monoisotopic (exact) mass is 325 g/mol. The second kappa shape index (κ2) is 5.74. The van der Waals surface area contributed by atoms with Crippen LogP contribution < -0.4 is 0 Å². The van der Waals surface area contributed by atoms with Crippen LogP contribution in [0.5, 0.6) is 0 Å². The van der Waals surface area contributed by atoms with E-state index in [1.165, 1.54) is 0 Å². The fourth-order valence-corrected chi connectivity index (χ4v) is 3.14. The summed E-state index contributed by atoms with van der Waals surface area (Å²) in [5.41, 5.74) is 0.870. The molecule has 1 fully saturated rings. The number of carbonyl (C=O) groups is 2. The molecule has 1 aromatic rings. The standard InChI is InChI=1S/C14H16BrNO3/c1-2-7-16-12(17)8-10(14(18)19)13(16)9-5-3-4-6-11(9)15/h3-6,10,13H,2,7-8H2,1H3,(H,18,19). The van der Waals surface area contributed by atoms with Gasteiger partial charge in [0.25, 0.3) is 0 Å². The summed E-state index contributed by atoms with van der Waals surface area (Å²) in [6.45, 7) is 2.58. The number of nitrogens with zero attached hydrogens (tertiary/aromatic N) is 1. The van der Waals surface area contributed by atoms with Crippen molar-refractivity contribution in [1.29, 1.82) is 0 Å². The van der Waals surface area contributed by atoms with Crippen molar-refractivity contribution in [2.24, 2.45) is 5.92 Å². The largest absolute Gasteiger partial charge is 0.481 e. The van der Waals surface area contributed by atoms with Crippen LogP contribution in [0.15, 0.2) is 28.7 Å². The number of likely N-dealkylation sites (tertiary alicyclic amines) is 1. The summed E-state index contributed by atoms with van der Waals surface area (Å²) in [4.78, 5) is 25.1. The molecule has 1 amide bonds. The normalized spacial score (nSPS) is 22.8. The van der Waals surface area contributed by atoms with E-state index in [4.69, 9.17) is 0 Å². The Labute approximate surface area is 120 Å². The summed E-state index contributed by atoms with van der Waals surface area (Å²) in [6.07, 6.45) is 0.903. The van der Waals surface area contributed by atoms with Gasteiger partial charge in [0, 0.05) is 17.4 Å². The summed E-state index contributed by atoms with van der Waals surface area (Å²) in [5.74, 6) is -1.65. The van der Waals surface area contributed by atoms with Crippen molar-refractivity contribution in [2.45, 2.75) is 25.8 Å². The third kappa shape index (κ3) is 2.66. The summed E-state index contributed by atoms with van der Waals surface area (Å²) in [7, 11) is 0. The molecule has 1 heterocycles. The molecule has 0 aromatic heterocycles. The fraction of sp³-hybridized carbons (Fsp3) is 0.429. The quantitative estimate of drug-likeness (QED) is 0.926. The first-order chi connectivity index (χ1) is 9.06. The second-order valence-corrected chi connectivity index (χ2v) is 5.56. The molecule has 1 aliphatic rings. The van der Waals surface area contributed by atoms with Crippen molar-refractivity contribution in [1.82, 2.24) is 4.90 Å². The van der Waals surface area contributed by atoms with Crippen LogP contribution in [0.4, 0.5) is 0 Å². The van der Waals surface area contributed by atoms with Crippen LogP contribution >= 0.6 is 15.9 Å². The van der Waals surface area contributed by atoms with E-state index >= 15 is 0 Å². The minimum Gasteiger partial charge on any atom is -0.481 e. The Balaban J connectivity index is 2.44. The zero-order valence-corrected chi connectivity index (χ0v) is 12.3. The minimum atomic E-state index is -0.910. The van der Waals surface area contributed by atoms with Gasteiger partial charge in [0.1, 0.15) is 0 Å². The maximum absolute atomic E-state index is 12.0. The van der Waals surface area contributed by atoms with E-state index in [0.29, 0.717) is 6.54 Å². The van der Waals surface area contributed by atoms with Crippen molar-refractivity contribution in [2.75, 3.05) is 6.54 Å². The van der Waals surface area contributed by atoms with Crippen molar-refractivity contribution in [3.8, 4) is 0 Å². The lowest BCUT2D eigenvalue weighted by Gasteiger charge is -2.27. The van der Waals surface area contributed by atoms with Gasteiger partial charge in [-0.2, -0.15) is 0 Å². The van der Waals surface area contributed by atoms with Gasteiger partial charge in [-0.1, -0.05) is 41.1 Å². The van der Waals surface area contributed by atoms with E-state index in [-0.39, 0.29) is 18.4 Å². The zero-order valence-electron chi connectivity index (χ0n) is 10.7. The van der Waals surface area contributed by atoms with Gasteiger partial charge in [-0.25, -0.2) is 0 Å². The van der Waals surface area contributed by atoms with Crippen LogP contribution in [-0.4, -0.2) is 28.4 Å². The van der Waals surface area contributed by atoms with Crippen LogP contribution in [0.25, 0.3) is 0 Å². The molecule has 1 aliphatic heterocycles. The third-order valence-corrected chi connectivity index (χ3v) is 4.16. The van der Waals surface area contributed by atoms with Gasteiger partial charge in [-0.3, -0.25) is 9.59 Å². The minimum absolute atomic E-state index is 0.0741. The van der Waals surface area contributed by atoms with Gasteiger partial charge in [0.2, 0.25) is 5.91 Å². The van der Waals surface area contributed by atoms with Gasteiger partial charge < -0.3 is 10.0 Å². The maximum atomic E-state index is 12.0. The lowest BCUT2D eigenvalue weighted by atomic mass is 9.94. The molecule has 19 heavy (non-hydrogen) atoms. The van der Waals surface area contributed by atoms with Crippen molar-refractivity contribution < 1.29 is 14.7 Å². The van der Waals surface area contributed by atoms with Gasteiger partial charge in [0.15, 0.2) is 0 Å². The smallest absolute Gasteiger partial charge is 0.309 e. The topological polar surface area (TPSA) is 57.6 Å². The Morgan fingerprint density at radius 2 is 2.16 bits per heavy atom. The lowest BCUT2D eigenvalue weighted by molar-refractivity contribution is -0.142. The molecular weight excluding hydrogens is 310 g/mol. The first-order valence-corrected chi connectivity index (χ1v) is 7.12. The molecular formula is C14H16BrNO3. The molecule has 0 aliphatic carbocycles. The van der Waals surface area contributed by atoms with Gasteiger partial charge in [0.05, 0.1) is 12.0 Å². The first kappa shape index (κ1) is 14.1. The van der Waals surface area contributed by atoms with E-state index in [0.717, 1.165) is 16.5 Å². The van der Waals surface area contributed by atoms with E-state index in [1.54, 1.807) is 4.90 Å². The molecule has 0 bridgehead atoms. The molecule has 102 valence electrons. The summed E-state index contributed by atoms with van der Waals surface area (Å²) in [5, 5.41) is 9.35. The Hall–Kier alpha value is -1.36. The number of carbonyl (C=O) groups excluding carboxylic acids is 1. The summed E-state index contributed by atoms with van der Waals surface area (Å²) >= 11 is 3.45. The van der Waals surface area contributed by atoms with Gasteiger partial charge in [-0.15, -0.1) is 0 Å². The number of halogens is 1. The van der Waals surface area contributed by atoms with Crippen LogP contribution in [0, 0.1) is 5.92 Å². The molecule has 0 saturated carbocycles. The van der Waals surface area contributed by atoms with Crippen molar-refractivity contribution >= 4 is 27.8 Å².